The number of ether oxygens (including phenoxy) is 2. The van der Waals surface area contributed by atoms with Gasteiger partial charge >= 0.3 is 0 Å². The molecule has 0 amide bonds. The summed E-state index contributed by atoms with van der Waals surface area (Å²) in [6.07, 6.45) is 6.19. The maximum absolute atomic E-state index is 9.18. The summed E-state index contributed by atoms with van der Waals surface area (Å²) in [5.41, 5.74) is 9.22. The molecule has 164 valence electrons. The molecule has 0 saturated heterocycles. The van der Waals surface area contributed by atoms with Gasteiger partial charge in [-0.05, 0) is 43.7 Å². The number of aryl methyl sites for hydroxylation is 1. The molecule has 2 aromatic heterocycles. The molecule has 4 N–H and O–H groups in total. The number of nitrogens with zero attached hydrogens (tertiary/aromatic N) is 2. The number of thiophene rings is 1. The summed E-state index contributed by atoms with van der Waals surface area (Å²) in [6, 6.07) is 3.54. The largest absolute Gasteiger partial charge is 0.494 e. The van der Waals surface area contributed by atoms with Gasteiger partial charge in [-0.2, -0.15) is 0 Å². The smallest absolute Gasteiger partial charge is 0.293 e. The lowest BCUT2D eigenvalue weighted by atomic mass is 9.89. The Kier molecular flexibility index (Phi) is 7.41. The van der Waals surface area contributed by atoms with E-state index in [-0.39, 0.29) is 0 Å². The molecule has 0 saturated carbocycles. The molecule has 0 spiro atoms. The van der Waals surface area contributed by atoms with Gasteiger partial charge < -0.3 is 25.9 Å². The number of nitrogens with one attached hydrogen (secondary N) is 2. The van der Waals surface area contributed by atoms with Gasteiger partial charge in [-0.25, -0.2) is 9.97 Å². The number of carbonyl (C=O) groups is 1. The van der Waals surface area contributed by atoms with Crippen molar-refractivity contribution < 1.29 is 14.3 Å². The minimum absolute atomic E-state index is 0.431. The summed E-state index contributed by atoms with van der Waals surface area (Å²) < 4.78 is 9.61. The van der Waals surface area contributed by atoms with E-state index in [0.717, 1.165) is 34.6 Å². The molecule has 0 fully saturated rings. The lowest BCUT2D eigenvalue weighted by Crippen LogP contribution is -2.09. The van der Waals surface area contributed by atoms with E-state index in [9.17, 15) is 4.79 Å². The Hall–Kier alpha value is -3.20. The Labute approximate surface area is 185 Å². The molecule has 4 rings (SSSR count). The van der Waals surface area contributed by atoms with Crippen molar-refractivity contribution in [1.82, 2.24) is 9.97 Å². The summed E-state index contributed by atoms with van der Waals surface area (Å²) in [6.45, 7) is 4.97. The molecule has 0 radical (unpaired) electrons. The van der Waals surface area contributed by atoms with Crippen LogP contribution in [0.25, 0.3) is 10.2 Å². The first kappa shape index (κ1) is 22.5. The highest BCUT2D eigenvalue weighted by atomic mass is 32.1. The third kappa shape index (κ3) is 4.93. The normalized spacial score (nSPS) is 14.7. The second kappa shape index (κ2) is 10.2. The van der Waals surface area contributed by atoms with E-state index in [1.54, 1.807) is 37.8 Å². The van der Waals surface area contributed by atoms with Gasteiger partial charge in [0.2, 0.25) is 0 Å². The molecular formula is C22H27N5O3S. The zero-order valence-electron chi connectivity index (χ0n) is 17.9. The Balaban J connectivity index is 0.000000491. The van der Waals surface area contributed by atoms with E-state index in [1.165, 1.54) is 23.1 Å². The molecule has 1 atom stereocenters. The minimum atomic E-state index is 0.431. The van der Waals surface area contributed by atoms with E-state index in [2.05, 4.69) is 26.9 Å². The molecule has 9 heteroatoms. The number of nitrogens with two attached hydrogens (primary N) is 1. The number of anilines is 3. The average molecular weight is 442 g/mol. The Morgan fingerprint density at radius 1 is 1.39 bits per heavy atom. The topological polar surface area (TPSA) is 123 Å². The highest BCUT2D eigenvalue weighted by Crippen LogP contribution is 2.41. The predicted molar refractivity (Wildman–Crippen MR) is 125 cm³/mol. The van der Waals surface area contributed by atoms with Gasteiger partial charge in [0.05, 0.1) is 24.8 Å². The third-order valence-corrected chi connectivity index (χ3v) is 6.30. The zero-order valence-corrected chi connectivity index (χ0v) is 18.7. The maximum atomic E-state index is 9.18. The quantitative estimate of drug-likeness (QED) is 0.295. The van der Waals surface area contributed by atoms with Crippen LogP contribution < -0.4 is 15.8 Å². The number of aromatic nitrogens is 2. The van der Waals surface area contributed by atoms with Crippen LogP contribution in [0.2, 0.25) is 0 Å². The average Bonchev–Trinajstić information content (AvgIpc) is 3.14. The fourth-order valence-corrected chi connectivity index (χ4v) is 4.92. The first-order valence-electron chi connectivity index (χ1n) is 10.1. The van der Waals surface area contributed by atoms with Crippen LogP contribution in [0, 0.1) is 11.3 Å². The number of carbonyl (C=O) groups excluding carboxylic acids is 1. The Bertz CT molecular complexity index is 1080. The number of fused-ring (bicyclic) bond motifs is 3. The van der Waals surface area contributed by atoms with E-state index >= 15 is 0 Å². The summed E-state index contributed by atoms with van der Waals surface area (Å²) >= 11 is 1.77. The molecule has 0 aliphatic heterocycles. The molecule has 1 aromatic carbocycles. The maximum Gasteiger partial charge on any atom is 0.293 e. The molecule has 1 aliphatic carbocycles. The summed E-state index contributed by atoms with van der Waals surface area (Å²) in [5, 5.41) is 12.0. The summed E-state index contributed by atoms with van der Waals surface area (Å²) in [5.74, 6) is 2.12. The number of benzene rings is 1. The molecule has 2 heterocycles. The second-order valence-corrected chi connectivity index (χ2v) is 8.34. The lowest BCUT2D eigenvalue weighted by molar-refractivity contribution is -0.128. The van der Waals surface area contributed by atoms with Gasteiger partial charge in [-0.15, -0.1) is 11.3 Å². The molecule has 0 bridgehead atoms. The monoisotopic (exact) mass is 441 g/mol. The van der Waals surface area contributed by atoms with Crippen molar-refractivity contribution in [2.75, 3.05) is 24.8 Å². The first-order chi connectivity index (χ1) is 15.0. The Morgan fingerprint density at radius 3 is 2.84 bits per heavy atom. The molecule has 1 unspecified atom stereocenters. The van der Waals surface area contributed by atoms with Crippen LogP contribution in [0.1, 0.15) is 36.3 Å². The molecule has 31 heavy (non-hydrogen) atoms. The fraction of sp³-hybridized carbons (Fsp3) is 0.364. The first-order valence-corrected chi connectivity index (χ1v) is 10.9. The van der Waals surface area contributed by atoms with Crippen molar-refractivity contribution in [2.24, 2.45) is 5.92 Å². The van der Waals surface area contributed by atoms with Crippen molar-refractivity contribution in [2.45, 2.75) is 33.1 Å². The van der Waals surface area contributed by atoms with Crippen LogP contribution in [0.5, 0.6) is 5.75 Å². The standard InChI is InChI=1S/C19H21N5OS.C3H6O2/c1-10-3-4-12-16(5-10)26-19-17(12)18(22-9-23-19)24-14-6-11(8-20)13(21)7-15(14)25-2;1-2-5-3-4/h6-10,20H,3-5,21H2,1-2H3,(H,22,23,24);3H,2H2,1H3. The van der Waals surface area contributed by atoms with E-state index in [4.69, 9.17) is 15.9 Å². The summed E-state index contributed by atoms with van der Waals surface area (Å²) in [7, 11) is 1.60. The summed E-state index contributed by atoms with van der Waals surface area (Å²) in [4.78, 5) is 20.6. The van der Waals surface area contributed by atoms with Crippen LogP contribution >= 0.6 is 11.3 Å². The number of rotatable bonds is 6. The molecule has 3 aromatic rings. The van der Waals surface area contributed by atoms with E-state index in [0.29, 0.717) is 36.0 Å². The minimum Gasteiger partial charge on any atom is -0.494 e. The van der Waals surface area contributed by atoms with E-state index in [1.807, 2.05) is 6.07 Å². The number of methoxy groups -OCH3 is 1. The highest BCUT2D eigenvalue weighted by Gasteiger charge is 2.23. The Morgan fingerprint density at radius 2 is 2.19 bits per heavy atom. The zero-order chi connectivity index (χ0) is 22.4. The number of nitrogen functional groups attached to an aromatic ring is 1. The van der Waals surface area contributed by atoms with Crippen LogP contribution in [0.15, 0.2) is 18.5 Å². The van der Waals surface area contributed by atoms with Gasteiger partial charge in [0.1, 0.15) is 22.7 Å². The van der Waals surface area contributed by atoms with Gasteiger partial charge in [0.15, 0.2) is 0 Å². The van der Waals surface area contributed by atoms with Gasteiger partial charge in [-0.3, -0.25) is 4.79 Å². The van der Waals surface area contributed by atoms with Crippen molar-refractivity contribution in [1.29, 1.82) is 5.41 Å². The number of hydrogen-bond donors (Lipinski definition) is 3. The molecular weight excluding hydrogens is 414 g/mol. The lowest BCUT2D eigenvalue weighted by Gasteiger charge is -2.18. The van der Waals surface area contributed by atoms with Crippen molar-refractivity contribution in [3.8, 4) is 5.75 Å². The third-order valence-electron chi connectivity index (χ3n) is 5.14. The predicted octanol–water partition coefficient (Wildman–Crippen LogP) is 4.33. The highest BCUT2D eigenvalue weighted by molar-refractivity contribution is 7.19. The molecule has 1 aliphatic rings. The van der Waals surface area contributed by atoms with E-state index < -0.39 is 0 Å². The van der Waals surface area contributed by atoms with Gasteiger partial charge in [0, 0.05) is 28.4 Å². The number of hydrogen-bond acceptors (Lipinski definition) is 9. The van der Waals surface area contributed by atoms with Crippen molar-refractivity contribution in [3.63, 3.8) is 0 Å². The van der Waals surface area contributed by atoms with Crippen molar-refractivity contribution >= 4 is 51.4 Å². The van der Waals surface area contributed by atoms with Crippen LogP contribution in [-0.2, 0) is 22.4 Å². The molecule has 8 nitrogen and oxygen atoms in total. The van der Waals surface area contributed by atoms with Crippen LogP contribution in [0.3, 0.4) is 0 Å². The van der Waals surface area contributed by atoms with Gasteiger partial charge in [0.25, 0.3) is 6.47 Å². The fourth-order valence-electron chi connectivity index (χ4n) is 3.57. The van der Waals surface area contributed by atoms with Gasteiger partial charge in [-0.1, -0.05) is 6.92 Å². The van der Waals surface area contributed by atoms with Crippen molar-refractivity contribution in [3.05, 3.63) is 34.5 Å². The van der Waals surface area contributed by atoms with Crippen LogP contribution in [0.4, 0.5) is 17.2 Å². The SMILES string of the molecule is CCOC=O.COc1cc(N)c(C=N)cc1Nc1ncnc2sc3c(c12)CCC(C)C3. The second-order valence-electron chi connectivity index (χ2n) is 7.26. The van der Waals surface area contributed by atoms with Crippen LogP contribution in [-0.4, -0.2) is 36.4 Å².